The van der Waals surface area contributed by atoms with Crippen LogP contribution in [0.4, 0.5) is 26.3 Å². The summed E-state index contributed by atoms with van der Waals surface area (Å²) < 4.78 is 76.4. The zero-order valence-corrected chi connectivity index (χ0v) is 9.25. The molecule has 108 valence electrons. The normalized spacial score (nSPS) is 12.7. The summed E-state index contributed by atoms with van der Waals surface area (Å²) in [5.41, 5.74) is -0.677. The maximum absolute atomic E-state index is 12.0. The standard InChI is InChI=1S/C9H8F6N2O2/c10-8(11,12)5-19-2-1-17-4-6(3-16-17)7(18)9(13,14)15/h3-4H,1-2,5H2. The van der Waals surface area contributed by atoms with Gasteiger partial charge < -0.3 is 4.74 Å². The van der Waals surface area contributed by atoms with E-state index in [1.165, 1.54) is 0 Å². The predicted molar refractivity (Wildman–Crippen MR) is 49.5 cm³/mol. The number of aromatic nitrogens is 2. The van der Waals surface area contributed by atoms with Crippen molar-refractivity contribution >= 4 is 5.78 Å². The van der Waals surface area contributed by atoms with Gasteiger partial charge >= 0.3 is 12.4 Å². The van der Waals surface area contributed by atoms with Crippen molar-refractivity contribution in [3.63, 3.8) is 0 Å². The van der Waals surface area contributed by atoms with E-state index in [0.717, 1.165) is 10.9 Å². The molecular formula is C9H8F6N2O2. The molecule has 0 atom stereocenters. The third-order valence-electron chi connectivity index (χ3n) is 1.88. The summed E-state index contributed by atoms with van der Waals surface area (Å²) in [6.45, 7) is -2.04. The van der Waals surface area contributed by atoms with Gasteiger partial charge in [-0.2, -0.15) is 31.4 Å². The second kappa shape index (κ2) is 5.59. The Kier molecular flexibility index (Phi) is 4.56. The Bertz CT molecular complexity index is 437. The predicted octanol–water partition coefficient (Wildman–Crippen LogP) is 2.21. The number of carbonyl (C=O) groups is 1. The number of hydrogen-bond acceptors (Lipinski definition) is 3. The average Bonchev–Trinajstić information content (AvgIpc) is 2.69. The van der Waals surface area contributed by atoms with Crippen molar-refractivity contribution in [1.29, 1.82) is 0 Å². The van der Waals surface area contributed by atoms with E-state index in [4.69, 9.17) is 0 Å². The molecule has 19 heavy (non-hydrogen) atoms. The molecule has 10 heteroatoms. The molecule has 0 radical (unpaired) electrons. The molecule has 0 fully saturated rings. The van der Waals surface area contributed by atoms with Crippen LogP contribution < -0.4 is 0 Å². The van der Waals surface area contributed by atoms with E-state index < -0.39 is 30.3 Å². The van der Waals surface area contributed by atoms with Gasteiger partial charge in [0.1, 0.15) is 6.61 Å². The van der Waals surface area contributed by atoms with Crippen molar-refractivity contribution in [2.45, 2.75) is 18.9 Å². The molecular weight excluding hydrogens is 282 g/mol. The van der Waals surface area contributed by atoms with Crippen molar-refractivity contribution < 1.29 is 35.9 Å². The molecule has 0 aliphatic heterocycles. The Labute approximate surface area is 102 Å². The molecule has 0 aromatic carbocycles. The minimum atomic E-state index is -5.01. The van der Waals surface area contributed by atoms with Crippen LogP contribution >= 0.6 is 0 Å². The molecule has 4 nitrogen and oxygen atoms in total. The van der Waals surface area contributed by atoms with Gasteiger partial charge in [-0.25, -0.2) is 0 Å². The largest absolute Gasteiger partial charge is 0.454 e. The van der Waals surface area contributed by atoms with Crippen molar-refractivity contribution in [3.8, 4) is 0 Å². The highest BCUT2D eigenvalue weighted by Gasteiger charge is 2.39. The Morgan fingerprint density at radius 2 is 1.89 bits per heavy atom. The second-order valence-electron chi connectivity index (χ2n) is 3.49. The van der Waals surface area contributed by atoms with E-state index in [1.54, 1.807) is 0 Å². The number of halogens is 6. The van der Waals surface area contributed by atoms with Crippen LogP contribution in [-0.2, 0) is 11.3 Å². The summed E-state index contributed by atoms with van der Waals surface area (Å²) in [4.78, 5) is 10.8. The molecule has 0 saturated carbocycles. The lowest BCUT2D eigenvalue weighted by Gasteiger charge is -2.07. The topological polar surface area (TPSA) is 44.1 Å². The van der Waals surface area contributed by atoms with Crippen LogP contribution in [0.2, 0.25) is 0 Å². The van der Waals surface area contributed by atoms with Crippen LogP contribution in [0.15, 0.2) is 12.4 Å². The minimum Gasteiger partial charge on any atom is -0.370 e. The van der Waals surface area contributed by atoms with E-state index in [2.05, 4.69) is 9.84 Å². The highest BCUT2D eigenvalue weighted by Crippen LogP contribution is 2.20. The molecule has 0 bridgehead atoms. The molecule has 1 rings (SSSR count). The Balaban J connectivity index is 2.46. The summed E-state index contributed by atoms with van der Waals surface area (Å²) in [6, 6.07) is 0. The smallest absolute Gasteiger partial charge is 0.370 e. The maximum Gasteiger partial charge on any atom is 0.454 e. The van der Waals surface area contributed by atoms with Gasteiger partial charge in [0.15, 0.2) is 0 Å². The van der Waals surface area contributed by atoms with Gasteiger partial charge in [-0.3, -0.25) is 9.48 Å². The summed E-state index contributed by atoms with van der Waals surface area (Å²) in [6.07, 6.45) is -7.99. The van der Waals surface area contributed by atoms with Gasteiger partial charge in [0.05, 0.1) is 24.9 Å². The van der Waals surface area contributed by atoms with Gasteiger partial charge in [0.25, 0.3) is 5.78 Å². The zero-order valence-electron chi connectivity index (χ0n) is 9.25. The maximum atomic E-state index is 12.0. The first-order valence-electron chi connectivity index (χ1n) is 4.88. The Morgan fingerprint density at radius 3 is 2.42 bits per heavy atom. The zero-order chi connectivity index (χ0) is 14.7. The number of ketones is 1. The highest BCUT2D eigenvalue weighted by atomic mass is 19.4. The van der Waals surface area contributed by atoms with Crippen LogP contribution in [0.3, 0.4) is 0 Å². The van der Waals surface area contributed by atoms with E-state index in [0.29, 0.717) is 6.20 Å². The lowest BCUT2D eigenvalue weighted by atomic mass is 10.2. The molecule has 0 amide bonds. The van der Waals surface area contributed by atoms with Crippen LogP contribution in [0.5, 0.6) is 0 Å². The molecule has 1 heterocycles. The molecule has 0 aliphatic carbocycles. The molecule has 0 aliphatic rings. The van der Waals surface area contributed by atoms with Crippen molar-refractivity contribution in [2.75, 3.05) is 13.2 Å². The summed E-state index contributed by atoms with van der Waals surface area (Å²) in [7, 11) is 0. The fourth-order valence-electron chi connectivity index (χ4n) is 1.11. The summed E-state index contributed by atoms with van der Waals surface area (Å²) in [5, 5.41) is 3.42. The number of nitrogens with zero attached hydrogens (tertiary/aromatic N) is 2. The Hall–Kier alpha value is -1.58. The van der Waals surface area contributed by atoms with Crippen molar-refractivity contribution in [2.24, 2.45) is 0 Å². The molecule has 0 N–H and O–H groups in total. The van der Waals surface area contributed by atoms with E-state index >= 15 is 0 Å². The lowest BCUT2D eigenvalue weighted by Crippen LogP contribution is -2.22. The third-order valence-corrected chi connectivity index (χ3v) is 1.88. The van der Waals surface area contributed by atoms with Crippen molar-refractivity contribution in [1.82, 2.24) is 9.78 Å². The van der Waals surface area contributed by atoms with Gasteiger partial charge in [0.2, 0.25) is 0 Å². The van der Waals surface area contributed by atoms with Gasteiger partial charge in [-0.1, -0.05) is 0 Å². The minimum absolute atomic E-state index is 0.193. The van der Waals surface area contributed by atoms with Gasteiger partial charge in [-0.05, 0) is 0 Å². The molecule has 1 aromatic rings. The monoisotopic (exact) mass is 290 g/mol. The number of rotatable bonds is 5. The van der Waals surface area contributed by atoms with Crippen LogP contribution in [0.25, 0.3) is 0 Å². The third kappa shape index (κ3) is 5.28. The van der Waals surface area contributed by atoms with Gasteiger partial charge in [-0.15, -0.1) is 0 Å². The quantitative estimate of drug-likeness (QED) is 0.474. The lowest BCUT2D eigenvalue weighted by molar-refractivity contribution is -0.174. The van der Waals surface area contributed by atoms with Crippen LogP contribution in [0, 0.1) is 0 Å². The number of carbonyl (C=O) groups excluding carboxylic acids is 1. The number of Topliss-reactive ketones (excluding diaryl/α,β-unsaturated/α-hetero) is 1. The first kappa shape index (κ1) is 15.5. The average molecular weight is 290 g/mol. The van der Waals surface area contributed by atoms with Crippen LogP contribution in [-0.4, -0.2) is 41.1 Å². The fourth-order valence-corrected chi connectivity index (χ4v) is 1.11. The van der Waals surface area contributed by atoms with Crippen molar-refractivity contribution in [3.05, 3.63) is 18.0 Å². The Morgan fingerprint density at radius 1 is 1.26 bits per heavy atom. The highest BCUT2D eigenvalue weighted by molar-refractivity contribution is 5.99. The van der Waals surface area contributed by atoms with E-state index in [9.17, 15) is 31.1 Å². The first-order chi connectivity index (χ1) is 8.59. The summed E-state index contributed by atoms with van der Waals surface area (Å²) in [5.74, 6) is -2.06. The van der Waals surface area contributed by atoms with Crippen LogP contribution in [0.1, 0.15) is 10.4 Å². The molecule has 0 spiro atoms. The molecule has 0 saturated heterocycles. The molecule has 0 unspecified atom stereocenters. The van der Waals surface area contributed by atoms with Gasteiger partial charge in [0, 0.05) is 6.20 Å². The second-order valence-corrected chi connectivity index (χ2v) is 3.49. The first-order valence-corrected chi connectivity index (χ1v) is 4.88. The number of alkyl halides is 6. The fraction of sp³-hybridized carbons (Fsp3) is 0.556. The SMILES string of the molecule is O=C(c1cnn(CCOCC(F)(F)F)c1)C(F)(F)F. The summed E-state index contributed by atoms with van der Waals surface area (Å²) >= 11 is 0. The molecule has 1 aromatic heterocycles. The van der Waals surface area contributed by atoms with E-state index in [-0.39, 0.29) is 13.2 Å². The number of hydrogen-bond donors (Lipinski definition) is 0. The number of ether oxygens (including phenoxy) is 1. The van der Waals surface area contributed by atoms with E-state index in [1.807, 2.05) is 0 Å².